The molecule has 0 spiro atoms. The Balaban J connectivity index is 2.10. The van der Waals surface area contributed by atoms with Crippen molar-refractivity contribution in [1.29, 1.82) is 0 Å². The van der Waals surface area contributed by atoms with Crippen LogP contribution in [0.25, 0.3) is 0 Å². The molecule has 0 aliphatic carbocycles. The molecule has 19 heavy (non-hydrogen) atoms. The van der Waals surface area contributed by atoms with Gasteiger partial charge in [-0.15, -0.1) is 0 Å². The van der Waals surface area contributed by atoms with Crippen molar-refractivity contribution in [3.8, 4) is 0 Å². The molecule has 2 rings (SSSR count). The molecule has 0 aromatic heterocycles. The highest BCUT2D eigenvalue weighted by atomic mass is 127. The Bertz CT molecular complexity index is 475. The SMILES string of the molecule is S=C(SI)N(Cc1ccccc1)Cc1ccccc1. The maximum Gasteiger partial charge on any atom is 0.147 e. The van der Waals surface area contributed by atoms with Crippen LogP contribution in [0.15, 0.2) is 60.7 Å². The maximum atomic E-state index is 5.46. The Hall–Kier alpha value is -0.590. The molecular weight excluding hydrogens is 385 g/mol. The van der Waals surface area contributed by atoms with Crippen LogP contribution in [0.5, 0.6) is 0 Å². The van der Waals surface area contributed by atoms with Gasteiger partial charge in [-0.25, -0.2) is 0 Å². The van der Waals surface area contributed by atoms with Gasteiger partial charge in [-0.1, -0.05) is 72.9 Å². The van der Waals surface area contributed by atoms with Gasteiger partial charge in [-0.05, 0) is 20.1 Å². The predicted molar refractivity (Wildman–Crippen MR) is 96.3 cm³/mol. The van der Waals surface area contributed by atoms with Gasteiger partial charge in [0.05, 0.1) is 0 Å². The molecule has 2 aromatic rings. The summed E-state index contributed by atoms with van der Waals surface area (Å²) in [6, 6.07) is 20.9. The van der Waals surface area contributed by atoms with Crippen LogP contribution in [0.4, 0.5) is 0 Å². The highest BCUT2D eigenvalue weighted by Crippen LogP contribution is 2.21. The second-order valence-corrected chi connectivity index (χ2v) is 6.68. The maximum absolute atomic E-state index is 5.46. The summed E-state index contributed by atoms with van der Waals surface area (Å²) in [4.78, 5) is 2.23. The first kappa shape index (κ1) is 14.8. The fraction of sp³-hybridized carbons (Fsp3) is 0.133. The molecule has 0 fully saturated rings. The topological polar surface area (TPSA) is 3.24 Å². The lowest BCUT2D eigenvalue weighted by Crippen LogP contribution is -2.25. The number of thiocarbonyl (C=S) groups is 1. The van der Waals surface area contributed by atoms with Gasteiger partial charge in [0.2, 0.25) is 0 Å². The Morgan fingerprint density at radius 3 is 1.68 bits per heavy atom. The second-order valence-electron chi connectivity index (χ2n) is 4.17. The van der Waals surface area contributed by atoms with Crippen molar-refractivity contribution in [2.45, 2.75) is 13.1 Å². The molecule has 98 valence electrons. The molecule has 0 amide bonds. The average Bonchev–Trinajstić information content (AvgIpc) is 2.48. The zero-order valence-corrected chi connectivity index (χ0v) is 14.1. The molecule has 0 N–H and O–H groups in total. The third-order valence-electron chi connectivity index (χ3n) is 2.76. The summed E-state index contributed by atoms with van der Waals surface area (Å²) in [5, 5.41) is 0. The largest absolute Gasteiger partial charge is 0.348 e. The number of rotatable bonds is 4. The van der Waals surface area contributed by atoms with Crippen molar-refractivity contribution in [2.75, 3.05) is 0 Å². The number of halogens is 1. The molecule has 0 bridgehead atoms. The zero-order chi connectivity index (χ0) is 13.5. The summed E-state index contributed by atoms with van der Waals surface area (Å²) < 4.78 is 0.924. The highest BCUT2D eigenvalue weighted by Gasteiger charge is 2.10. The van der Waals surface area contributed by atoms with E-state index in [0.29, 0.717) is 0 Å². The van der Waals surface area contributed by atoms with Crippen LogP contribution in [-0.4, -0.2) is 9.22 Å². The molecular formula is C15H14INS2. The van der Waals surface area contributed by atoms with E-state index in [-0.39, 0.29) is 0 Å². The highest BCUT2D eigenvalue weighted by molar-refractivity contribution is 14.2. The van der Waals surface area contributed by atoms with Crippen molar-refractivity contribution in [3.05, 3.63) is 71.8 Å². The summed E-state index contributed by atoms with van der Waals surface area (Å²) in [5.41, 5.74) is 2.57. The van der Waals surface area contributed by atoms with E-state index in [0.717, 1.165) is 17.4 Å². The molecule has 0 unspecified atom stereocenters. The van der Waals surface area contributed by atoms with E-state index in [4.69, 9.17) is 12.2 Å². The normalized spacial score (nSPS) is 10.2. The molecule has 0 heterocycles. The van der Waals surface area contributed by atoms with Crippen LogP contribution < -0.4 is 0 Å². The van der Waals surface area contributed by atoms with Gasteiger partial charge >= 0.3 is 0 Å². The van der Waals surface area contributed by atoms with Crippen molar-refractivity contribution in [2.24, 2.45) is 0 Å². The van der Waals surface area contributed by atoms with Gasteiger partial charge in [-0.3, -0.25) is 0 Å². The minimum Gasteiger partial charge on any atom is -0.348 e. The molecule has 0 saturated carbocycles. The first-order chi connectivity index (χ1) is 9.29. The minimum atomic E-state index is 0.852. The number of hydrogen-bond acceptors (Lipinski definition) is 2. The lowest BCUT2D eigenvalue weighted by atomic mass is 10.2. The third-order valence-corrected chi connectivity index (χ3v) is 5.80. The van der Waals surface area contributed by atoms with E-state index in [9.17, 15) is 0 Å². The molecule has 0 saturated heterocycles. The summed E-state index contributed by atoms with van der Waals surface area (Å²) in [5.74, 6) is 0. The Morgan fingerprint density at radius 2 is 1.32 bits per heavy atom. The van der Waals surface area contributed by atoms with Crippen molar-refractivity contribution in [3.63, 3.8) is 0 Å². The van der Waals surface area contributed by atoms with Crippen LogP contribution in [0.2, 0.25) is 0 Å². The molecule has 4 heteroatoms. The Morgan fingerprint density at radius 1 is 0.895 bits per heavy atom. The van der Waals surface area contributed by atoms with Gasteiger partial charge in [0.25, 0.3) is 0 Å². The summed E-state index contributed by atoms with van der Waals surface area (Å²) >= 11 is 7.70. The fourth-order valence-electron chi connectivity index (χ4n) is 1.84. The fourth-order valence-corrected chi connectivity index (χ4v) is 3.03. The minimum absolute atomic E-state index is 0.852. The number of benzene rings is 2. The van der Waals surface area contributed by atoms with Crippen molar-refractivity contribution >= 4 is 46.7 Å². The lowest BCUT2D eigenvalue weighted by molar-refractivity contribution is 0.421. The summed E-state index contributed by atoms with van der Waals surface area (Å²) in [6.07, 6.45) is 0. The third kappa shape index (κ3) is 4.78. The molecule has 0 radical (unpaired) electrons. The second kappa shape index (κ2) is 7.87. The van der Waals surface area contributed by atoms with Crippen LogP contribution >= 0.6 is 42.4 Å². The Labute approximate surface area is 136 Å². The molecule has 2 aromatic carbocycles. The van der Waals surface area contributed by atoms with Crippen molar-refractivity contribution < 1.29 is 0 Å². The van der Waals surface area contributed by atoms with Gasteiger partial charge in [0, 0.05) is 34.3 Å². The summed E-state index contributed by atoms with van der Waals surface area (Å²) in [7, 11) is 1.60. The van der Waals surface area contributed by atoms with Gasteiger partial charge in [0.1, 0.15) is 4.32 Å². The van der Waals surface area contributed by atoms with Gasteiger partial charge < -0.3 is 4.90 Å². The van der Waals surface area contributed by atoms with Crippen molar-refractivity contribution in [1.82, 2.24) is 4.90 Å². The monoisotopic (exact) mass is 399 g/mol. The van der Waals surface area contributed by atoms with E-state index >= 15 is 0 Å². The smallest absolute Gasteiger partial charge is 0.147 e. The van der Waals surface area contributed by atoms with Crippen LogP contribution in [-0.2, 0) is 13.1 Å². The number of nitrogens with zero attached hydrogens (tertiary/aromatic N) is 1. The van der Waals surface area contributed by atoms with E-state index in [1.807, 2.05) is 12.1 Å². The number of hydrogen-bond donors (Lipinski definition) is 0. The van der Waals surface area contributed by atoms with E-state index < -0.39 is 0 Å². The summed E-state index contributed by atoms with van der Waals surface area (Å²) in [6.45, 7) is 1.70. The standard InChI is InChI=1S/C15H14INS2/c16-19-15(18)17(11-13-7-3-1-4-8-13)12-14-9-5-2-6-10-14/h1-10H,11-12H2. The van der Waals surface area contributed by atoms with Crippen LogP contribution in [0, 0.1) is 0 Å². The van der Waals surface area contributed by atoms with E-state index in [1.165, 1.54) is 11.1 Å². The van der Waals surface area contributed by atoms with Crippen LogP contribution in [0.1, 0.15) is 11.1 Å². The zero-order valence-electron chi connectivity index (χ0n) is 10.3. The van der Waals surface area contributed by atoms with E-state index in [2.05, 4.69) is 74.6 Å². The quantitative estimate of drug-likeness (QED) is 0.523. The predicted octanol–water partition coefficient (Wildman–Crippen LogP) is 5.06. The molecule has 0 aliphatic rings. The average molecular weight is 399 g/mol. The first-order valence-electron chi connectivity index (χ1n) is 5.95. The molecule has 0 aliphatic heterocycles. The lowest BCUT2D eigenvalue weighted by Gasteiger charge is -2.23. The molecule has 0 atom stereocenters. The van der Waals surface area contributed by atoms with E-state index in [1.54, 1.807) is 8.93 Å². The Kier molecular flexibility index (Phi) is 6.13. The molecule has 1 nitrogen and oxygen atoms in total. The van der Waals surface area contributed by atoms with Gasteiger partial charge in [-0.2, -0.15) is 0 Å². The van der Waals surface area contributed by atoms with Crippen LogP contribution in [0.3, 0.4) is 0 Å². The van der Waals surface area contributed by atoms with Gasteiger partial charge in [0.15, 0.2) is 0 Å². The first-order valence-corrected chi connectivity index (χ1v) is 9.71.